The molecule has 2 aliphatic rings. The molecule has 1 nitrogen and oxygen atoms in total. The summed E-state index contributed by atoms with van der Waals surface area (Å²) in [6, 6.07) is 0.290. The van der Waals surface area contributed by atoms with Crippen LogP contribution >= 0.6 is 0 Å². The summed E-state index contributed by atoms with van der Waals surface area (Å²) in [6.45, 7) is 0. The van der Waals surface area contributed by atoms with Crippen molar-refractivity contribution >= 4 is 0 Å². The zero-order valence-electron chi connectivity index (χ0n) is 8.26. The lowest BCUT2D eigenvalue weighted by Crippen LogP contribution is -2.39. The van der Waals surface area contributed by atoms with Gasteiger partial charge in [-0.05, 0) is 31.6 Å². The molecule has 13 heavy (non-hydrogen) atoms. The van der Waals surface area contributed by atoms with Crippen LogP contribution in [-0.4, -0.2) is 6.04 Å². The third-order valence-corrected chi connectivity index (χ3v) is 3.87. The molecule has 2 fully saturated rings. The maximum absolute atomic E-state index is 6.26. The maximum atomic E-state index is 6.26. The molecular formula is C12H21N. The Bertz CT molecular complexity index is 221. The van der Waals surface area contributed by atoms with Crippen molar-refractivity contribution in [2.24, 2.45) is 17.1 Å². The van der Waals surface area contributed by atoms with Gasteiger partial charge in [-0.15, -0.1) is 6.42 Å². The molecule has 0 heterocycles. The van der Waals surface area contributed by atoms with Gasteiger partial charge in [-0.1, -0.05) is 25.2 Å². The second-order valence-corrected chi connectivity index (χ2v) is 4.72. The highest BCUT2D eigenvalue weighted by molar-refractivity contribution is 5.20. The average molecular weight is 179 g/mol. The lowest BCUT2D eigenvalue weighted by atomic mass is 9.78. The fraction of sp³-hybridized carbons (Fsp3) is 0.833. The molecule has 74 valence electrons. The van der Waals surface area contributed by atoms with E-state index >= 15 is 0 Å². The van der Waals surface area contributed by atoms with Crippen LogP contribution in [0.25, 0.3) is 0 Å². The van der Waals surface area contributed by atoms with Crippen molar-refractivity contribution in [3.05, 3.63) is 0 Å². The molecule has 2 N–H and O–H groups in total. The van der Waals surface area contributed by atoms with Crippen LogP contribution in [0.2, 0.25) is 0 Å². The molecule has 0 spiro atoms. The van der Waals surface area contributed by atoms with Gasteiger partial charge in [0, 0.05) is 12.9 Å². The summed E-state index contributed by atoms with van der Waals surface area (Å²) in [6.07, 6.45) is 14.6. The summed E-state index contributed by atoms with van der Waals surface area (Å²) in [5, 5.41) is 0. The SMILES string of the molecule is C#CC1([C@H](N)C2CCCCC2)CC1.[HH]. The Hall–Kier alpha value is -0.480. The molecule has 0 unspecified atom stereocenters. The first-order valence-electron chi connectivity index (χ1n) is 5.52. The van der Waals surface area contributed by atoms with Gasteiger partial charge in [-0.3, -0.25) is 0 Å². The Labute approximate surface area is 82.6 Å². The largest absolute Gasteiger partial charge is 0.326 e. The van der Waals surface area contributed by atoms with E-state index in [2.05, 4.69) is 5.92 Å². The summed E-state index contributed by atoms with van der Waals surface area (Å²) in [5.74, 6) is 3.64. The molecule has 2 aliphatic carbocycles. The molecule has 0 aromatic rings. The van der Waals surface area contributed by atoms with Crippen molar-refractivity contribution in [1.82, 2.24) is 0 Å². The number of nitrogens with two attached hydrogens (primary N) is 1. The normalized spacial score (nSPS) is 29.2. The average Bonchev–Trinajstić information content (AvgIpc) is 2.99. The Morgan fingerprint density at radius 1 is 1.31 bits per heavy atom. The molecule has 0 bridgehead atoms. The highest BCUT2D eigenvalue weighted by atomic mass is 14.7. The van der Waals surface area contributed by atoms with Gasteiger partial charge < -0.3 is 5.73 Å². The number of rotatable bonds is 2. The summed E-state index contributed by atoms with van der Waals surface area (Å²) < 4.78 is 0. The number of terminal acetylenes is 1. The first-order valence-corrected chi connectivity index (χ1v) is 5.52. The first kappa shape index (κ1) is 9.09. The molecule has 0 radical (unpaired) electrons. The lowest BCUT2D eigenvalue weighted by molar-refractivity contribution is 0.261. The monoisotopic (exact) mass is 179 g/mol. The number of hydrogen-bond acceptors (Lipinski definition) is 1. The summed E-state index contributed by atoms with van der Waals surface area (Å²) in [4.78, 5) is 0. The van der Waals surface area contributed by atoms with Gasteiger partial charge in [-0.25, -0.2) is 0 Å². The van der Waals surface area contributed by atoms with Crippen molar-refractivity contribution in [3.63, 3.8) is 0 Å². The Morgan fingerprint density at radius 2 is 1.92 bits per heavy atom. The molecule has 2 saturated carbocycles. The van der Waals surface area contributed by atoms with Crippen LogP contribution in [0.4, 0.5) is 0 Å². The Kier molecular flexibility index (Phi) is 2.34. The van der Waals surface area contributed by atoms with Gasteiger partial charge in [0.1, 0.15) is 0 Å². The zero-order valence-corrected chi connectivity index (χ0v) is 8.26. The maximum Gasteiger partial charge on any atom is 0.0466 e. The van der Waals surface area contributed by atoms with E-state index in [9.17, 15) is 0 Å². The van der Waals surface area contributed by atoms with Gasteiger partial charge in [0.2, 0.25) is 0 Å². The van der Waals surface area contributed by atoms with E-state index in [-0.39, 0.29) is 12.9 Å². The predicted octanol–water partition coefficient (Wildman–Crippen LogP) is 2.55. The minimum Gasteiger partial charge on any atom is -0.326 e. The van der Waals surface area contributed by atoms with E-state index in [1.54, 1.807) is 0 Å². The van der Waals surface area contributed by atoms with Crippen LogP contribution < -0.4 is 5.73 Å². The van der Waals surface area contributed by atoms with Gasteiger partial charge in [0.05, 0.1) is 0 Å². The van der Waals surface area contributed by atoms with Crippen molar-refractivity contribution in [1.29, 1.82) is 0 Å². The van der Waals surface area contributed by atoms with E-state index in [1.807, 2.05) is 0 Å². The van der Waals surface area contributed by atoms with Crippen molar-refractivity contribution in [2.45, 2.75) is 51.0 Å². The Morgan fingerprint density at radius 3 is 2.38 bits per heavy atom. The summed E-state index contributed by atoms with van der Waals surface area (Å²) >= 11 is 0. The van der Waals surface area contributed by atoms with Gasteiger partial charge in [0.15, 0.2) is 0 Å². The van der Waals surface area contributed by atoms with Crippen LogP contribution in [-0.2, 0) is 0 Å². The molecule has 0 saturated heterocycles. The minimum absolute atomic E-state index is 0. The van der Waals surface area contributed by atoms with Gasteiger partial charge in [-0.2, -0.15) is 0 Å². The first-order chi connectivity index (χ1) is 6.28. The van der Waals surface area contributed by atoms with Crippen molar-refractivity contribution < 1.29 is 1.43 Å². The molecular weight excluding hydrogens is 158 g/mol. The molecule has 1 atom stereocenters. The fourth-order valence-corrected chi connectivity index (χ4v) is 2.65. The van der Waals surface area contributed by atoms with E-state index in [0.717, 1.165) is 0 Å². The Balaban J connectivity index is 0.000000980. The number of hydrogen-bond donors (Lipinski definition) is 1. The van der Waals surface area contributed by atoms with Crippen molar-refractivity contribution in [3.8, 4) is 12.3 Å². The summed E-state index contributed by atoms with van der Waals surface area (Å²) in [7, 11) is 0. The zero-order chi connectivity index (χ0) is 9.31. The predicted molar refractivity (Wildman–Crippen MR) is 57.2 cm³/mol. The van der Waals surface area contributed by atoms with Crippen LogP contribution in [0, 0.1) is 23.7 Å². The van der Waals surface area contributed by atoms with Crippen LogP contribution in [0.1, 0.15) is 46.4 Å². The quantitative estimate of drug-likeness (QED) is 0.648. The highest BCUT2D eigenvalue weighted by Gasteiger charge is 2.48. The summed E-state index contributed by atoms with van der Waals surface area (Å²) in [5.41, 5.74) is 6.37. The molecule has 1 heteroatoms. The fourth-order valence-electron chi connectivity index (χ4n) is 2.65. The van der Waals surface area contributed by atoms with Crippen LogP contribution in [0.15, 0.2) is 0 Å². The van der Waals surface area contributed by atoms with E-state index in [0.29, 0.717) is 5.92 Å². The topological polar surface area (TPSA) is 26.0 Å². The highest BCUT2D eigenvalue weighted by Crippen LogP contribution is 2.51. The molecule has 0 aromatic heterocycles. The molecule has 2 rings (SSSR count). The lowest BCUT2D eigenvalue weighted by Gasteiger charge is -2.31. The van der Waals surface area contributed by atoms with Crippen LogP contribution in [0.3, 0.4) is 0 Å². The second-order valence-electron chi connectivity index (χ2n) is 4.72. The van der Waals surface area contributed by atoms with Crippen LogP contribution in [0.5, 0.6) is 0 Å². The second kappa shape index (κ2) is 3.35. The third kappa shape index (κ3) is 1.60. The third-order valence-electron chi connectivity index (χ3n) is 3.87. The van der Waals surface area contributed by atoms with E-state index < -0.39 is 0 Å². The standard InChI is InChI=1S/C12H19N.H2/c1-2-12(8-9-12)11(13)10-6-4-3-5-7-10;/h1,10-11H,3-9,13H2;1H/t11-;/m1./s1. The van der Waals surface area contributed by atoms with Gasteiger partial charge >= 0.3 is 0 Å². The van der Waals surface area contributed by atoms with E-state index in [4.69, 9.17) is 12.2 Å². The smallest absolute Gasteiger partial charge is 0.0466 e. The van der Waals surface area contributed by atoms with E-state index in [1.165, 1.54) is 44.9 Å². The van der Waals surface area contributed by atoms with Crippen molar-refractivity contribution in [2.75, 3.05) is 0 Å². The van der Waals surface area contributed by atoms with Gasteiger partial charge in [0.25, 0.3) is 0 Å². The molecule has 0 aliphatic heterocycles. The molecule has 0 aromatic carbocycles. The minimum atomic E-state index is 0. The molecule has 0 amide bonds.